The summed E-state index contributed by atoms with van der Waals surface area (Å²) in [7, 11) is 1.85. The second-order valence-electron chi connectivity index (χ2n) is 5.29. The fourth-order valence-corrected chi connectivity index (χ4v) is 2.35. The van der Waals surface area contributed by atoms with Crippen LogP contribution < -0.4 is 10.6 Å². The average Bonchev–Trinajstić information content (AvgIpc) is 2.47. The highest BCUT2D eigenvalue weighted by molar-refractivity contribution is 6.31. The molecule has 0 amide bonds. The van der Waals surface area contributed by atoms with Crippen molar-refractivity contribution in [2.75, 3.05) is 17.7 Å². The summed E-state index contributed by atoms with van der Waals surface area (Å²) in [4.78, 5) is 9.03. The van der Waals surface area contributed by atoms with Gasteiger partial charge in [0.1, 0.15) is 17.5 Å². The van der Waals surface area contributed by atoms with Crippen molar-refractivity contribution in [2.24, 2.45) is 0 Å². The van der Waals surface area contributed by atoms with E-state index in [1.165, 1.54) is 0 Å². The Labute approximate surface area is 131 Å². The Kier molecular flexibility index (Phi) is 5.02. The Morgan fingerprint density at radius 2 is 1.71 bits per heavy atom. The second kappa shape index (κ2) is 6.76. The molecule has 1 atom stereocenters. The first kappa shape index (κ1) is 15.6. The molecule has 112 valence electrons. The van der Waals surface area contributed by atoms with Gasteiger partial charge in [0.05, 0.1) is 6.04 Å². The summed E-state index contributed by atoms with van der Waals surface area (Å²) in [5, 5.41) is 7.22. The van der Waals surface area contributed by atoms with Gasteiger partial charge in [0.25, 0.3) is 0 Å². The van der Waals surface area contributed by atoms with Crippen molar-refractivity contribution < 1.29 is 0 Å². The zero-order valence-electron chi connectivity index (χ0n) is 12.8. The molecule has 0 aliphatic heterocycles. The summed E-state index contributed by atoms with van der Waals surface area (Å²) < 4.78 is 0. The van der Waals surface area contributed by atoms with Gasteiger partial charge in [-0.1, -0.05) is 43.6 Å². The Balaban J connectivity index is 2.26. The highest BCUT2D eigenvalue weighted by Crippen LogP contribution is 2.26. The highest BCUT2D eigenvalue weighted by Gasteiger charge is 2.12. The van der Waals surface area contributed by atoms with Crippen LogP contribution in [0.25, 0.3) is 0 Å². The molecule has 0 aliphatic carbocycles. The van der Waals surface area contributed by atoms with Crippen LogP contribution in [0.4, 0.5) is 11.6 Å². The van der Waals surface area contributed by atoms with Crippen molar-refractivity contribution in [2.45, 2.75) is 32.7 Å². The van der Waals surface area contributed by atoms with Crippen molar-refractivity contribution >= 4 is 23.2 Å². The van der Waals surface area contributed by atoms with E-state index < -0.39 is 0 Å². The number of hydrogen-bond acceptors (Lipinski definition) is 4. The number of benzene rings is 1. The number of nitrogens with zero attached hydrogens (tertiary/aromatic N) is 2. The van der Waals surface area contributed by atoms with Gasteiger partial charge in [0.2, 0.25) is 0 Å². The maximum atomic E-state index is 6.24. The van der Waals surface area contributed by atoms with Gasteiger partial charge >= 0.3 is 0 Å². The predicted molar refractivity (Wildman–Crippen MR) is 89.2 cm³/mol. The number of anilines is 2. The minimum Gasteiger partial charge on any atom is -0.373 e. The summed E-state index contributed by atoms with van der Waals surface area (Å²) in [5.74, 6) is 2.69. The van der Waals surface area contributed by atoms with Gasteiger partial charge in [0.15, 0.2) is 0 Å². The molecule has 1 unspecified atom stereocenters. The van der Waals surface area contributed by atoms with Gasteiger partial charge in [-0.05, 0) is 18.6 Å². The molecule has 5 heteroatoms. The standard InChI is InChI=1S/C16H21ClN4/c1-10(2)16-20-14(18-4)9-15(21-16)19-11(3)12-7-5-6-8-13(12)17/h5-11H,1-4H3,(H2,18,19,20,21). The molecule has 0 saturated carbocycles. The SMILES string of the molecule is CNc1cc(NC(C)c2ccccc2Cl)nc(C(C)C)n1. The molecule has 21 heavy (non-hydrogen) atoms. The minimum absolute atomic E-state index is 0.0679. The number of hydrogen-bond donors (Lipinski definition) is 2. The Morgan fingerprint density at radius 3 is 2.33 bits per heavy atom. The summed E-state index contributed by atoms with van der Waals surface area (Å²) in [6, 6.07) is 9.80. The van der Waals surface area contributed by atoms with E-state index in [2.05, 4.69) is 41.4 Å². The van der Waals surface area contributed by atoms with Crippen molar-refractivity contribution in [3.8, 4) is 0 Å². The van der Waals surface area contributed by atoms with Gasteiger partial charge in [-0.3, -0.25) is 0 Å². The van der Waals surface area contributed by atoms with Crippen molar-refractivity contribution in [3.63, 3.8) is 0 Å². The van der Waals surface area contributed by atoms with Gasteiger partial charge in [-0.25, -0.2) is 9.97 Å². The van der Waals surface area contributed by atoms with Crippen LogP contribution in [-0.2, 0) is 0 Å². The maximum Gasteiger partial charge on any atom is 0.135 e. The molecule has 4 nitrogen and oxygen atoms in total. The molecule has 0 radical (unpaired) electrons. The zero-order chi connectivity index (χ0) is 15.4. The van der Waals surface area contributed by atoms with E-state index >= 15 is 0 Å². The summed E-state index contributed by atoms with van der Waals surface area (Å²) in [5.41, 5.74) is 1.05. The molecular weight excluding hydrogens is 284 g/mol. The maximum absolute atomic E-state index is 6.24. The first-order valence-electron chi connectivity index (χ1n) is 7.09. The number of aromatic nitrogens is 2. The lowest BCUT2D eigenvalue weighted by Gasteiger charge is -2.18. The fourth-order valence-electron chi connectivity index (χ4n) is 2.05. The fraction of sp³-hybridized carbons (Fsp3) is 0.375. The van der Waals surface area contributed by atoms with E-state index in [-0.39, 0.29) is 12.0 Å². The third-order valence-corrected chi connectivity index (χ3v) is 3.60. The summed E-state index contributed by atoms with van der Waals surface area (Å²) in [6.45, 7) is 6.23. The van der Waals surface area contributed by atoms with E-state index in [0.717, 1.165) is 28.0 Å². The number of halogens is 1. The van der Waals surface area contributed by atoms with Crippen LogP contribution in [0, 0.1) is 0 Å². The molecule has 0 bridgehead atoms. The van der Waals surface area contributed by atoms with Gasteiger partial charge < -0.3 is 10.6 Å². The van der Waals surface area contributed by atoms with E-state index in [9.17, 15) is 0 Å². The summed E-state index contributed by atoms with van der Waals surface area (Å²) >= 11 is 6.24. The first-order chi connectivity index (χ1) is 10.0. The highest BCUT2D eigenvalue weighted by atomic mass is 35.5. The quantitative estimate of drug-likeness (QED) is 0.856. The van der Waals surface area contributed by atoms with Gasteiger partial charge in [-0.15, -0.1) is 0 Å². The zero-order valence-corrected chi connectivity index (χ0v) is 13.6. The van der Waals surface area contributed by atoms with Crippen LogP contribution in [-0.4, -0.2) is 17.0 Å². The van der Waals surface area contributed by atoms with Crippen LogP contribution in [0.1, 0.15) is 44.1 Å². The lowest BCUT2D eigenvalue weighted by atomic mass is 10.1. The molecule has 1 aromatic heterocycles. The first-order valence-corrected chi connectivity index (χ1v) is 7.46. The van der Waals surface area contributed by atoms with Crippen LogP contribution in [0.15, 0.2) is 30.3 Å². The van der Waals surface area contributed by atoms with E-state index in [1.807, 2.05) is 37.4 Å². The Bertz CT molecular complexity index is 613. The Morgan fingerprint density at radius 1 is 1.05 bits per heavy atom. The predicted octanol–water partition coefficient (Wildman–Crippen LogP) is 4.47. The van der Waals surface area contributed by atoms with Crippen LogP contribution in [0.5, 0.6) is 0 Å². The molecule has 2 aromatic rings. The normalized spacial score (nSPS) is 12.3. The molecule has 0 saturated heterocycles. The largest absolute Gasteiger partial charge is 0.373 e. The van der Waals surface area contributed by atoms with E-state index in [1.54, 1.807) is 0 Å². The van der Waals surface area contributed by atoms with Crippen LogP contribution in [0.3, 0.4) is 0 Å². The Hall–Kier alpha value is -1.81. The number of rotatable bonds is 5. The van der Waals surface area contributed by atoms with Crippen LogP contribution >= 0.6 is 11.6 Å². The van der Waals surface area contributed by atoms with Crippen LogP contribution in [0.2, 0.25) is 5.02 Å². The summed E-state index contributed by atoms with van der Waals surface area (Å²) in [6.07, 6.45) is 0. The third kappa shape index (κ3) is 3.85. The molecule has 2 rings (SSSR count). The van der Waals surface area contributed by atoms with Crippen molar-refractivity contribution in [3.05, 3.63) is 46.7 Å². The monoisotopic (exact) mass is 304 g/mol. The molecular formula is C16H21ClN4. The van der Waals surface area contributed by atoms with E-state index in [0.29, 0.717) is 0 Å². The smallest absolute Gasteiger partial charge is 0.135 e. The molecule has 2 N–H and O–H groups in total. The minimum atomic E-state index is 0.0679. The molecule has 0 fully saturated rings. The topological polar surface area (TPSA) is 49.8 Å². The van der Waals surface area contributed by atoms with E-state index in [4.69, 9.17) is 11.6 Å². The molecule has 1 aromatic carbocycles. The lowest BCUT2D eigenvalue weighted by molar-refractivity contribution is 0.770. The lowest BCUT2D eigenvalue weighted by Crippen LogP contribution is -2.11. The molecule has 0 spiro atoms. The van der Waals surface area contributed by atoms with Crippen molar-refractivity contribution in [1.29, 1.82) is 0 Å². The average molecular weight is 305 g/mol. The molecule has 1 heterocycles. The number of nitrogens with one attached hydrogen (secondary N) is 2. The molecule has 0 aliphatic rings. The van der Waals surface area contributed by atoms with Gasteiger partial charge in [0, 0.05) is 24.1 Å². The second-order valence-corrected chi connectivity index (χ2v) is 5.70. The third-order valence-electron chi connectivity index (χ3n) is 3.25. The van der Waals surface area contributed by atoms with Gasteiger partial charge in [-0.2, -0.15) is 0 Å². The van der Waals surface area contributed by atoms with Crippen molar-refractivity contribution in [1.82, 2.24) is 9.97 Å².